The summed E-state index contributed by atoms with van der Waals surface area (Å²) in [5.41, 5.74) is 1.25. The van der Waals surface area contributed by atoms with Crippen LogP contribution in [-0.2, 0) is 9.53 Å². The van der Waals surface area contributed by atoms with Crippen LogP contribution in [0.15, 0.2) is 24.5 Å². The number of aromatic nitrogens is 1. The maximum atomic E-state index is 12.1. The van der Waals surface area contributed by atoms with Crippen molar-refractivity contribution in [2.75, 3.05) is 45.9 Å². The maximum absolute atomic E-state index is 12.1. The van der Waals surface area contributed by atoms with Gasteiger partial charge in [0.1, 0.15) is 0 Å². The fraction of sp³-hybridized carbons (Fsp3) is 0.667. The quantitative estimate of drug-likeness (QED) is 0.844. The lowest BCUT2D eigenvalue weighted by atomic mass is 10.1. The average molecular weight is 332 g/mol. The Labute approximate surface area is 144 Å². The van der Waals surface area contributed by atoms with Crippen LogP contribution in [0, 0.1) is 0 Å². The van der Waals surface area contributed by atoms with E-state index in [9.17, 15) is 4.79 Å². The Morgan fingerprint density at radius 1 is 1.42 bits per heavy atom. The van der Waals surface area contributed by atoms with Gasteiger partial charge in [0.2, 0.25) is 5.91 Å². The van der Waals surface area contributed by atoms with Crippen molar-refractivity contribution in [3.8, 4) is 0 Å². The molecule has 1 amide bonds. The van der Waals surface area contributed by atoms with Gasteiger partial charge >= 0.3 is 0 Å². The first-order valence-corrected chi connectivity index (χ1v) is 8.97. The first-order valence-electron chi connectivity index (χ1n) is 8.97. The highest BCUT2D eigenvalue weighted by atomic mass is 16.5. The number of carbonyl (C=O) groups excluding carboxylic acids is 1. The van der Waals surface area contributed by atoms with Gasteiger partial charge in [-0.25, -0.2) is 0 Å². The van der Waals surface area contributed by atoms with Crippen LogP contribution in [0.2, 0.25) is 0 Å². The van der Waals surface area contributed by atoms with Gasteiger partial charge in [0.25, 0.3) is 0 Å². The number of pyridine rings is 1. The van der Waals surface area contributed by atoms with E-state index in [1.807, 2.05) is 18.5 Å². The van der Waals surface area contributed by atoms with Crippen molar-refractivity contribution in [3.05, 3.63) is 30.1 Å². The number of amides is 1. The highest BCUT2D eigenvalue weighted by Gasteiger charge is 2.23. The monoisotopic (exact) mass is 332 g/mol. The molecule has 1 N–H and O–H groups in total. The van der Waals surface area contributed by atoms with Crippen LogP contribution in [0.5, 0.6) is 0 Å². The lowest BCUT2D eigenvalue weighted by Gasteiger charge is -2.37. The molecular formula is C18H28N4O2. The minimum atomic E-state index is 0.110. The van der Waals surface area contributed by atoms with Gasteiger partial charge in [-0.05, 0) is 31.4 Å². The molecule has 2 atom stereocenters. The molecule has 1 aromatic rings. The number of nitrogens with one attached hydrogen (secondary N) is 1. The number of ether oxygens (including phenoxy) is 1. The Kier molecular flexibility index (Phi) is 6.18. The summed E-state index contributed by atoms with van der Waals surface area (Å²) in [5.74, 6) is 0.110. The van der Waals surface area contributed by atoms with E-state index in [1.165, 1.54) is 5.56 Å². The second-order valence-electron chi connectivity index (χ2n) is 6.71. The van der Waals surface area contributed by atoms with Gasteiger partial charge in [0.05, 0.1) is 12.6 Å². The summed E-state index contributed by atoms with van der Waals surface area (Å²) in [4.78, 5) is 21.0. The lowest BCUT2D eigenvalue weighted by Crippen LogP contribution is -2.50. The van der Waals surface area contributed by atoms with E-state index in [2.05, 4.69) is 33.1 Å². The van der Waals surface area contributed by atoms with E-state index < -0.39 is 0 Å². The van der Waals surface area contributed by atoms with Crippen molar-refractivity contribution >= 4 is 5.91 Å². The molecule has 6 heteroatoms. The molecule has 132 valence electrons. The first-order chi connectivity index (χ1) is 11.7. The van der Waals surface area contributed by atoms with Crippen LogP contribution in [-0.4, -0.2) is 72.7 Å². The van der Waals surface area contributed by atoms with Crippen LogP contribution in [0.1, 0.15) is 31.4 Å². The van der Waals surface area contributed by atoms with Crippen molar-refractivity contribution in [1.29, 1.82) is 0 Å². The van der Waals surface area contributed by atoms with Crippen molar-refractivity contribution in [2.45, 2.75) is 31.9 Å². The molecule has 3 rings (SSSR count). The van der Waals surface area contributed by atoms with Crippen molar-refractivity contribution in [3.63, 3.8) is 0 Å². The van der Waals surface area contributed by atoms with E-state index in [4.69, 9.17) is 4.74 Å². The normalized spacial score (nSPS) is 24.0. The minimum absolute atomic E-state index is 0.110. The minimum Gasteiger partial charge on any atom is -0.376 e. The number of hydrogen-bond donors (Lipinski definition) is 1. The number of hydrogen-bond acceptors (Lipinski definition) is 5. The lowest BCUT2D eigenvalue weighted by molar-refractivity contribution is -0.123. The molecule has 2 aliphatic heterocycles. The van der Waals surface area contributed by atoms with E-state index in [-0.39, 0.29) is 12.0 Å². The maximum Gasteiger partial charge on any atom is 0.234 e. The molecule has 1 aromatic heterocycles. The summed E-state index contributed by atoms with van der Waals surface area (Å²) in [7, 11) is 0. The molecular weight excluding hydrogens is 304 g/mol. The fourth-order valence-corrected chi connectivity index (χ4v) is 3.43. The van der Waals surface area contributed by atoms with Crippen molar-refractivity contribution < 1.29 is 9.53 Å². The van der Waals surface area contributed by atoms with Crippen LogP contribution >= 0.6 is 0 Å². The highest BCUT2D eigenvalue weighted by molar-refractivity contribution is 5.78. The van der Waals surface area contributed by atoms with Gasteiger partial charge in [0.15, 0.2) is 0 Å². The number of nitrogens with zero attached hydrogens (tertiary/aromatic N) is 3. The van der Waals surface area contributed by atoms with Crippen LogP contribution < -0.4 is 5.32 Å². The Hall–Kier alpha value is -1.50. The standard InChI is InChI=1S/C18H28N4O2/c1-15(16-4-2-6-19-12-16)22-9-7-21(8-10-22)14-18(23)20-13-17-5-3-11-24-17/h2,4,6,12,15,17H,3,5,7-11,13-14H2,1H3,(H,20,23)/t15-,17-/m1/s1. The van der Waals surface area contributed by atoms with E-state index >= 15 is 0 Å². The van der Waals surface area contributed by atoms with E-state index in [1.54, 1.807) is 0 Å². The van der Waals surface area contributed by atoms with E-state index in [0.717, 1.165) is 45.6 Å². The van der Waals surface area contributed by atoms with Gasteiger partial charge in [0, 0.05) is 57.8 Å². The predicted molar refractivity (Wildman–Crippen MR) is 92.6 cm³/mol. The fourth-order valence-electron chi connectivity index (χ4n) is 3.43. The number of carbonyl (C=O) groups is 1. The van der Waals surface area contributed by atoms with Gasteiger partial charge in [-0.1, -0.05) is 6.07 Å². The third kappa shape index (κ3) is 4.75. The van der Waals surface area contributed by atoms with Gasteiger partial charge in [-0.3, -0.25) is 19.6 Å². The summed E-state index contributed by atoms with van der Waals surface area (Å²) in [6.07, 6.45) is 6.13. The second kappa shape index (κ2) is 8.55. The Morgan fingerprint density at radius 3 is 2.92 bits per heavy atom. The largest absolute Gasteiger partial charge is 0.376 e. The SMILES string of the molecule is C[C@H](c1cccnc1)N1CCN(CC(=O)NC[C@H]2CCCO2)CC1. The van der Waals surface area contributed by atoms with Crippen molar-refractivity contribution in [2.24, 2.45) is 0 Å². The smallest absolute Gasteiger partial charge is 0.234 e. The Balaban J connectivity index is 1.37. The van der Waals surface area contributed by atoms with Crippen LogP contribution in [0.3, 0.4) is 0 Å². The zero-order valence-electron chi connectivity index (χ0n) is 14.5. The molecule has 0 bridgehead atoms. The third-order valence-electron chi connectivity index (χ3n) is 5.04. The van der Waals surface area contributed by atoms with Crippen LogP contribution in [0.4, 0.5) is 0 Å². The summed E-state index contributed by atoms with van der Waals surface area (Å²) >= 11 is 0. The molecule has 2 fully saturated rings. The molecule has 0 aliphatic carbocycles. The van der Waals surface area contributed by atoms with Crippen LogP contribution in [0.25, 0.3) is 0 Å². The molecule has 3 heterocycles. The summed E-state index contributed by atoms with van der Waals surface area (Å²) < 4.78 is 5.54. The molecule has 2 saturated heterocycles. The second-order valence-corrected chi connectivity index (χ2v) is 6.71. The molecule has 0 saturated carbocycles. The highest BCUT2D eigenvalue weighted by Crippen LogP contribution is 2.20. The number of rotatable bonds is 6. The van der Waals surface area contributed by atoms with E-state index in [0.29, 0.717) is 19.1 Å². The average Bonchev–Trinajstić information content (AvgIpc) is 3.14. The first kappa shape index (κ1) is 17.3. The molecule has 0 radical (unpaired) electrons. The Bertz CT molecular complexity index is 511. The molecule has 6 nitrogen and oxygen atoms in total. The third-order valence-corrected chi connectivity index (χ3v) is 5.04. The molecule has 2 aliphatic rings. The van der Waals surface area contributed by atoms with Gasteiger partial charge in [-0.15, -0.1) is 0 Å². The molecule has 0 spiro atoms. The summed E-state index contributed by atoms with van der Waals surface area (Å²) in [5, 5.41) is 3.00. The summed E-state index contributed by atoms with van der Waals surface area (Å²) in [6, 6.07) is 4.48. The van der Waals surface area contributed by atoms with Gasteiger partial charge < -0.3 is 10.1 Å². The molecule has 0 unspecified atom stereocenters. The van der Waals surface area contributed by atoms with Gasteiger partial charge in [-0.2, -0.15) is 0 Å². The summed E-state index contributed by atoms with van der Waals surface area (Å²) in [6.45, 7) is 8.01. The Morgan fingerprint density at radius 2 is 2.25 bits per heavy atom. The number of piperazine rings is 1. The zero-order chi connectivity index (χ0) is 16.8. The zero-order valence-corrected chi connectivity index (χ0v) is 14.5. The molecule has 24 heavy (non-hydrogen) atoms. The topological polar surface area (TPSA) is 57.7 Å². The molecule has 0 aromatic carbocycles. The van der Waals surface area contributed by atoms with Crippen molar-refractivity contribution in [1.82, 2.24) is 20.1 Å². The predicted octanol–water partition coefficient (Wildman–Crippen LogP) is 1.06.